The summed E-state index contributed by atoms with van der Waals surface area (Å²) in [5, 5.41) is 3.47. The van der Waals surface area contributed by atoms with Gasteiger partial charge in [0.2, 0.25) is 0 Å². The number of benzene rings is 2. The molecule has 2 aromatic carbocycles. The number of carbonyl (C=O) groups is 1. The van der Waals surface area contributed by atoms with Crippen LogP contribution < -0.4 is 10.1 Å². The number of nitrogens with one attached hydrogen (secondary N) is 1. The molecule has 6 heteroatoms. The second kappa shape index (κ2) is 10.6. The first-order chi connectivity index (χ1) is 14.0. The largest absolute Gasteiger partial charge is 0.492 e. The first kappa shape index (κ1) is 21.6. The van der Waals surface area contributed by atoms with Crippen molar-refractivity contribution < 1.29 is 9.53 Å². The molecule has 0 saturated carbocycles. The van der Waals surface area contributed by atoms with Crippen LogP contribution in [0.25, 0.3) is 0 Å². The number of ether oxygens (including phenoxy) is 1. The average Bonchev–Trinajstić information content (AvgIpc) is 2.72. The molecule has 1 aliphatic heterocycles. The van der Waals surface area contributed by atoms with Gasteiger partial charge in [-0.15, -0.1) is 0 Å². The van der Waals surface area contributed by atoms with Crippen molar-refractivity contribution in [3.05, 3.63) is 58.6 Å². The minimum absolute atomic E-state index is 0.172. The van der Waals surface area contributed by atoms with Crippen molar-refractivity contribution in [2.45, 2.75) is 26.3 Å². The van der Waals surface area contributed by atoms with Gasteiger partial charge in [0.15, 0.2) is 0 Å². The molecule has 0 spiro atoms. The van der Waals surface area contributed by atoms with Crippen LogP contribution in [0.5, 0.6) is 5.75 Å². The Morgan fingerprint density at radius 3 is 2.52 bits per heavy atom. The molecule has 29 heavy (non-hydrogen) atoms. The number of hydrogen-bond donors (Lipinski definition) is 1. The van der Waals surface area contributed by atoms with Crippen molar-refractivity contribution in [1.29, 1.82) is 0 Å². The number of carbonyl (C=O) groups excluding carboxylic acids is 1. The zero-order valence-corrected chi connectivity index (χ0v) is 18.0. The Labute approximate surface area is 178 Å². The number of hydrogen-bond acceptors (Lipinski definition) is 4. The molecule has 5 nitrogen and oxygen atoms in total. The number of halogens is 1. The lowest BCUT2D eigenvalue weighted by molar-refractivity contribution is 0.102. The molecule has 0 unspecified atom stereocenters. The van der Waals surface area contributed by atoms with Crippen LogP contribution >= 0.6 is 11.6 Å². The van der Waals surface area contributed by atoms with Crippen molar-refractivity contribution in [1.82, 2.24) is 9.80 Å². The first-order valence-corrected chi connectivity index (χ1v) is 10.7. The predicted octanol–water partition coefficient (Wildman–Crippen LogP) is 4.52. The third-order valence-corrected chi connectivity index (χ3v) is 5.47. The van der Waals surface area contributed by atoms with Gasteiger partial charge >= 0.3 is 0 Å². The third kappa shape index (κ3) is 6.46. The van der Waals surface area contributed by atoms with Gasteiger partial charge in [0.05, 0.1) is 11.6 Å². The molecule has 3 rings (SSSR count). The smallest absolute Gasteiger partial charge is 0.255 e. The van der Waals surface area contributed by atoms with Crippen LogP contribution in [0.4, 0.5) is 5.69 Å². The molecule has 1 N–H and O–H groups in total. The van der Waals surface area contributed by atoms with Gasteiger partial charge in [-0.3, -0.25) is 9.69 Å². The van der Waals surface area contributed by atoms with Crippen LogP contribution in [-0.4, -0.2) is 55.5 Å². The molecule has 0 aromatic heterocycles. The Hall–Kier alpha value is -2.08. The van der Waals surface area contributed by atoms with E-state index in [0.717, 1.165) is 51.3 Å². The highest BCUT2D eigenvalue weighted by Gasteiger charge is 2.14. The molecular weight excluding hydrogens is 386 g/mol. The molecule has 0 bridgehead atoms. The highest BCUT2D eigenvalue weighted by molar-refractivity contribution is 6.32. The van der Waals surface area contributed by atoms with Crippen LogP contribution in [-0.2, 0) is 6.54 Å². The lowest BCUT2D eigenvalue weighted by Crippen LogP contribution is -2.43. The highest BCUT2D eigenvalue weighted by atomic mass is 35.5. The SMILES string of the molecule is CCCCOc1cc(C(=O)Nc2ccc(CN3CCN(C)CC3)cc2)ccc1Cl. The molecule has 1 fully saturated rings. The van der Waals surface area contributed by atoms with E-state index in [4.69, 9.17) is 16.3 Å². The van der Waals surface area contributed by atoms with Gasteiger partial charge in [0.1, 0.15) is 5.75 Å². The fraction of sp³-hybridized carbons (Fsp3) is 0.435. The first-order valence-electron chi connectivity index (χ1n) is 10.3. The van der Waals surface area contributed by atoms with Gasteiger partial charge in [0.25, 0.3) is 5.91 Å². The van der Waals surface area contributed by atoms with Gasteiger partial charge in [-0.25, -0.2) is 0 Å². The molecule has 0 atom stereocenters. The van der Waals surface area contributed by atoms with Crippen molar-refractivity contribution in [3.8, 4) is 5.75 Å². The number of unbranched alkanes of at least 4 members (excludes halogenated alkanes) is 1. The molecule has 2 aromatic rings. The van der Waals surface area contributed by atoms with Crippen LogP contribution in [0, 0.1) is 0 Å². The second-order valence-corrected chi connectivity index (χ2v) is 7.98. The number of piperazine rings is 1. The number of anilines is 1. The van der Waals surface area contributed by atoms with Gasteiger partial charge in [-0.2, -0.15) is 0 Å². The molecular formula is C23H30ClN3O2. The van der Waals surface area contributed by atoms with E-state index in [1.807, 2.05) is 12.1 Å². The summed E-state index contributed by atoms with van der Waals surface area (Å²) in [4.78, 5) is 17.4. The lowest BCUT2D eigenvalue weighted by atomic mass is 10.1. The molecule has 0 aliphatic carbocycles. The molecule has 1 aliphatic rings. The van der Waals surface area contributed by atoms with E-state index in [-0.39, 0.29) is 5.91 Å². The van der Waals surface area contributed by atoms with E-state index < -0.39 is 0 Å². The maximum Gasteiger partial charge on any atom is 0.255 e. The number of nitrogens with zero attached hydrogens (tertiary/aromatic N) is 2. The molecule has 0 radical (unpaired) electrons. The zero-order valence-electron chi connectivity index (χ0n) is 17.3. The Morgan fingerprint density at radius 2 is 1.83 bits per heavy atom. The van der Waals surface area contributed by atoms with Gasteiger partial charge < -0.3 is 15.0 Å². The van der Waals surface area contributed by atoms with Gasteiger partial charge in [0, 0.05) is 44.0 Å². The quantitative estimate of drug-likeness (QED) is 0.644. The summed E-state index contributed by atoms with van der Waals surface area (Å²) < 4.78 is 5.69. The number of rotatable bonds is 8. The highest BCUT2D eigenvalue weighted by Crippen LogP contribution is 2.26. The van der Waals surface area contributed by atoms with E-state index in [1.165, 1.54) is 5.56 Å². The minimum Gasteiger partial charge on any atom is -0.492 e. The van der Waals surface area contributed by atoms with Crippen molar-refractivity contribution in [2.24, 2.45) is 0 Å². The lowest BCUT2D eigenvalue weighted by Gasteiger charge is -2.32. The summed E-state index contributed by atoms with van der Waals surface area (Å²) >= 11 is 6.18. The monoisotopic (exact) mass is 415 g/mol. The summed E-state index contributed by atoms with van der Waals surface area (Å²) in [7, 11) is 2.16. The molecule has 1 heterocycles. The van der Waals surface area contributed by atoms with Crippen molar-refractivity contribution in [2.75, 3.05) is 45.2 Å². The third-order valence-electron chi connectivity index (χ3n) is 5.16. The van der Waals surface area contributed by atoms with Crippen molar-refractivity contribution in [3.63, 3.8) is 0 Å². The minimum atomic E-state index is -0.172. The summed E-state index contributed by atoms with van der Waals surface area (Å²) in [6.07, 6.45) is 2.00. The van der Waals surface area contributed by atoms with Crippen LogP contribution in [0.2, 0.25) is 5.02 Å². The second-order valence-electron chi connectivity index (χ2n) is 7.58. The average molecular weight is 416 g/mol. The molecule has 1 amide bonds. The fourth-order valence-electron chi connectivity index (χ4n) is 3.24. The van der Waals surface area contributed by atoms with Crippen LogP contribution in [0.15, 0.2) is 42.5 Å². The Bertz CT molecular complexity index is 802. The van der Waals surface area contributed by atoms with Crippen LogP contribution in [0.1, 0.15) is 35.7 Å². The summed E-state index contributed by atoms with van der Waals surface area (Å²) in [5.41, 5.74) is 2.56. The molecule has 1 saturated heterocycles. The maximum absolute atomic E-state index is 12.6. The number of likely N-dealkylation sites (N-methyl/N-ethyl adjacent to an activating group) is 1. The zero-order chi connectivity index (χ0) is 20.6. The predicted molar refractivity (Wildman–Crippen MR) is 119 cm³/mol. The van der Waals surface area contributed by atoms with Crippen LogP contribution in [0.3, 0.4) is 0 Å². The van der Waals surface area contributed by atoms with E-state index >= 15 is 0 Å². The fourth-order valence-corrected chi connectivity index (χ4v) is 3.41. The normalized spacial score (nSPS) is 15.3. The summed E-state index contributed by atoms with van der Waals surface area (Å²) in [6, 6.07) is 13.2. The van der Waals surface area contributed by atoms with Crippen molar-refractivity contribution >= 4 is 23.2 Å². The molecule has 156 valence electrons. The van der Waals surface area contributed by atoms with E-state index in [1.54, 1.807) is 18.2 Å². The summed E-state index contributed by atoms with van der Waals surface area (Å²) in [5.74, 6) is 0.379. The van der Waals surface area contributed by atoms with E-state index in [9.17, 15) is 4.79 Å². The van der Waals surface area contributed by atoms with E-state index in [2.05, 4.69) is 41.2 Å². The van der Waals surface area contributed by atoms with Gasteiger partial charge in [-0.05, 0) is 49.4 Å². The Balaban J connectivity index is 1.57. The number of amides is 1. The standard InChI is InChI=1S/C23H30ClN3O2/c1-3-4-15-29-22-16-19(7-10-21(22)24)23(28)25-20-8-5-18(6-9-20)17-27-13-11-26(2)12-14-27/h5-10,16H,3-4,11-15,17H2,1-2H3,(H,25,28). The Morgan fingerprint density at radius 1 is 1.10 bits per heavy atom. The summed E-state index contributed by atoms with van der Waals surface area (Å²) in [6.45, 7) is 8.04. The maximum atomic E-state index is 12.6. The van der Waals surface area contributed by atoms with E-state index in [0.29, 0.717) is 22.9 Å². The van der Waals surface area contributed by atoms with Gasteiger partial charge in [-0.1, -0.05) is 37.1 Å². The topological polar surface area (TPSA) is 44.8 Å². The Kier molecular flexibility index (Phi) is 7.92.